The smallest absolute Gasteiger partial charge is 0.0648 e. The minimum atomic E-state index is 0.499. The lowest BCUT2D eigenvalue weighted by Crippen LogP contribution is -2.21. The Hall–Kier alpha value is -0.560. The summed E-state index contributed by atoms with van der Waals surface area (Å²) in [5.74, 6) is 0.938. The van der Waals surface area contributed by atoms with Crippen molar-refractivity contribution in [1.82, 2.24) is 0 Å². The van der Waals surface area contributed by atoms with Gasteiger partial charge in [0, 0.05) is 0 Å². The molecule has 0 aliphatic heterocycles. The van der Waals surface area contributed by atoms with E-state index in [2.05, 4.69) is 13.2 Å². The average Bonchev–Trinajstić information content (AvgIpc) is 2.28. The van der Waals surface area contributed by atoms with Crippen molar-refractivity contribution in [2.24, 2.45) is 5.92 Å². The van der Waals surface area contributed by atoms with Crippen LogP contribution < -0.4 is 0 Å². The highest BCUT2D eigenvalue weighted by atomic mass is 16.5. The van der Waals surface area contributed by atoms with Crippen molar-refractivity contribution in [2.45, 2.75) is 51.0 Å². The molecule has 0 radical (unpaired) electrons. The van der Waals surface area contributed by atoms with Crippen LogP contribution in [0.1, 0.15) is 44.9 Å². The molecular formula is C14H24O. The summed E-state index contributed by atoms with van der Waals surface area (Å²) in [5, 5.41) is 0. The molecule has 0 saturated heterocycles. The third kappa shape index (κ3) is 5.17. The summed E-state index contributed by atoms with van der Waals surface area (Å²) in [5.41, 5.74) is 0. The van der Waals surface area contributed by atoms with Crippen molar-refractivity contribution in [3.8, 4) is 0 Å². The molecule has 1 aliphatic carbocycles. The maximum absolute atomic E-state index is 5.67. The molecule has 1 saturated carbocycles. The minimum Gasteiger partial charge on any atom is -0.374 e. The van der Waals surface area contributed by atoms with Crippen LogP contribution in [0.4, 0.5) is 0 Å². The standard InChI is InChI=1S/C14H24O/c1-3-5-6-7-13-8-10-14(11-9-13)15-12-4-2/h3-4,13-14H,1-2,5-12H2. The van der Waals surface area contributed by atoms with Gasteiger partial charge in [-0.3, -0.25) is 0 Å². The second kappa shape index (κ2) is 7.70. The van der Waals surface area contributed by atoms with E-state index in [4.69, 9.17) is 4.74 Å². The molecule has 0 aromatic carbocycles. The molecule has 15 heavy (non-hydrogen) atoms. The number of hydrogen-bond donors (Lipinski definition) is 0. The van der Waals surface area contributed by atoms with E-state index >= 15 is 0 Å². The predicted molar refractivity (Wildman–Crippen MR) is 65.9 cm³/mol. The summed E-state index contributed by atoms with van der Waals surface area (Å²) in [7, 11) is 0. The molecule has 86 valence electrons. The maximum Gasteiger partial charge on any atom is 0.0648 e. The van der Waals surface area contributed by atoms with Gasteiger partial charge in [-0.25, -0.2) is 0 Å². The van der Waals surface area contributed by atoms with Gasteiger partial charge in [-0.1, -0.05) is 18.6 Å². The summed E-state index contributed by atoms with van der Waals surface area (Å²) < 4.78 is 5.67. The Kier molecular flexibility index (Phi) is 6.42. The molecular weight excluding hydrogens is 184 g/mol. The van der Waals surface area contributed by atoms with Crippen LogP contribution in [0.25, 0.3) is 0 Å². The van der Waals surface area contributed by atoms with Crippen molar-refractivity contribution in [3.05, 3.63) is 25.3 Å². The third-order valence-corrected chi connectivity index (χ3v) is 3.26. The molecule has 0 bridgehead atoms. The highest BCUT2D eigenvalue weighted by molar-refractivity contribution is 4.76. The molecule has 0 aromatic rings. The Balaban J connectivity index is 2.06. The number of allylic oxidation sites excluding steroid dienone is 1. The predicted octanol–water partition coefficient (Wildman–Crippen LogP) is 4.10. The van der Waals surface area contributed by atoms with E-state index in [0.717, 1.165) is 5.92 Å². The first-order valence-corrected chi connectivity index (χ1v) is 6.20. The fourth-order valence-corrected chi connectivity index (χ4v) is 2.34. The molecule has 0 unspecified atom stereocenters. The van der Waals surface area contributed by atoms with E-state index in [9.17, 15) is 0 Å². The molecule has 1 rings (SSSR count). The zero-order valence-electron chi connectivity index (χ0n) is 9.79. The van der Waals surface area contributed by atoms with E-state index in [-0.39, 0.29) is 0 Å². The lowest BCUT2D eigenvalue weighted by molar-refractivity contribution is 0.0335. The van der Waals surface area contributed by atoms with Crippen LogP contribution in [0.15, 0.2) is 25.3 Å². The molecule has 0 aromatic heterocycles. The van der Waals surface area contributed by atoms with E-state index < -0.39 is 0 Å². The Labute approximate surface area is 94.2 Å². The fourth-order valence-electron chi connectivity index (χ4n) is 2.34. The van der Waals surface area contributed by atoms with Crippen molar-refractivity contribution < 1.29 is 4.74 Å². The molecule has 0 N–H and O–H groups in total. The van der Waals surface area contributed by atoms with Crippen molar-refractivity contribution >= 4 is 0 Å². The van der Waals surface area contributed by atoms with Crippen LogP contribution in [0.5, 0.6) is 0 Å². The molecule has 0 heterocycles. The van der Waals surface area contributed by atoms with Crippen molar-refractivity contribution in [1.29, 1.82) is 0 Å². The largest absolute Gasteiger partial charge is 0.374 e. The molecule has 1 nitrogen and oxygen atoms in total. The van der Waals surface area contributed by atoms with E-state index in [1.807, 2.05) is 12.2 Å². The summed E-state index contributed by atoms with van der Waals surface area (Å²) in [4.78, 5) is 0. The van der Waals surface area contributed by atoms with Gasteiger partial charge in [0.25, 0.3) is 0 Å². The summed E-state index contributed by atoms with van der Waals surface area (Å²) in [6.45, 7) is 8.15. The van der Waals surface area contributed by atoms with Gasteiger partial charge < -0.3 is 4.74 Å². The number of unbranched alkanes of at least 4 members (excludes halogenated alkanes) is 1. The Morgan fingerprint density at radius 1 is 1.07 bits per heavy atom. The van der Waals surface area contributed by atoms with Crippen LogP contribution >= 0.6 is 0 Å². The second-order valence-electron chi connectivity index (χ2n) is 4.48. The minimum absolute atomic E-state index is 0.499. The Bertz CT molecular complexity index is 178. The number of hydrogen-bond acceptors (Lipinski definition) is 1. The lowest BCUT2D eigenvalue weighted by Gasteiger charge is -2.28. The third-order valence-electron chi connectivity index (χ3n) is 3.26. The van der Waals surface area contributed by atoms with Gasteiger partial charge in [-0.05, 0) is 44.4 Å². The normalized spacial score (nSPS) is 26.1. The second-order valence-corrected chi connectivity index (χ2v) is 4.48. The van der Waals surface area contributed by atoms with Gasteiger partial charge in [0.2, 0.25) is 0 Å². The fraction of sp³-hybridized carbons (Fsp3) is 0.714. The monoisotopic (exact) mass is 208 g/mol. The van der Waals surface area contributed by atoms with Gasteiger partial charge in [-0.2, -0.15) is 0 Å². The molecule has 0 spiro atoms. The maximum atomic E-state index is 5.67. The number of ether oxygens (including phenoxy) is 1. The first kappa shape index (κ1) is 12.5. The zero-order valence-corrected chi connectivity index (χ0v) is 9.79. The molecule has 1 heteroatoms. The van der Waals surface area contributed by atoms with E-state index in [1.165, 1.54) is 44.9 Å². The van der Waals surface area contributed by atoms with Gasteiger partial charge in [0.1, 0.15) is 0 Å². The molecule has 1 aliphatic rings. The van der Waals surface area contributed by atoms with Crippen molar-refractivity contribution in [2.75, 3.05) is 6.61 Å². The molecule has 0 atom stereocenters. The van der Waals surface area contributed by atoms with Crippen LogP contribution in [0, 0.1) is 5.92 Å². The highest BCUT2D eigenvalue weighted by Gasteiger charge is 2.20. The Morgan fingerprint density at radius 2 is 1.80 bits per heavy atom. The zero-order chi connectivity index (χ0) is 10.9. The quantitative estimate of drug-likeness (QED) is 0.452. The van der Waals surface area contributed by atoms with Crippen LogP contribution in [0.2, 0.25) is 0 Å². The Morgan fingerprint density at radius 3 is 2.40 bits per heavy atom. The van der Waals surface area contributed by atoms with E-state index in [1.54, 1.807) is 0 Å². The van der Waals surface area contributed by atoms with Gasteiger partial charge in [-0.15, -0.1) is 13.2 Å². The lowest BCUT2D eigenvalue weighted by atomic mass is 9.84. The topological polar surface area (TPSA) is 9.23 Å². The highest BCUT2D eigenvalue weighted by Crippen LogP contribution is 2.29. The molecule has 1 fully saturated rings. The van der Waals surface area contributed by atoms with Crippen LogP contribution in [-0.2, 0) is 4.74 Å². The first-order chi connectivity index (χ1) is 7.36. The SMILES string of the molecule is C=CCCCC1CCC(OCC=C)CC1. The number of rotatable bonds is 7. The van der Waals surface area contributed by atoms with Gasteiger partial charge >= 0.3 is 0 Å². The first-order valence-electron chi connectivity index (χ1n) is 6.20. The summed E-state index contributed by atoms with van der Waals surface area (Å²) >= 11 is 0. The van der Waals surface area contributed by atoms with Gasteiger partial charge in [0.15, 0.2) is 0 Å². The summed E-state index contributed by atoms with van der Waals surface area (Å²) in [6, 6.07) is 0. The van der Waals surface area contributed by atoms with E-state index in [0.29, 0.717) is 12.7 Å². The van der Waals surface area contributed by atoms with Crippen LogP contribution in [0.3, 0.4) is 0 Å². The van der Waals surface area contributed by atoms with Crippen LogP contribution in [-0.4, -0.2) is 12.7 Å². The molecule has 0 amide bonds. The van der Waals surface area contributed by atoms with Gasteiger partial charge in [0.05, 0.1) is 12.7 Å². The van der Waals surface area contributed by atoms with Crippen molar-refractivity contribution in [3.63, 3.8) is 0 Å². The average molecular weight is 208 g/mol. The summed E-state index contributed by atoms with van der Waals surface area (Å²) in [6.07, 6.45) is 13.4.